The van der Waals surface area contributed by atoms with Crippen molar-refractivity contribution in [2.24, 2.45) is 0 Å². The molecule has 4 nitrogen and oxygen atoms in total. The summed E-state index contributed by atoms with van der Waals surface area (Å²) in [7, 11) is 1.57. The van der Waals surface area contributed by atoms with Crippen LogP contribution in [-0.4, -0.2) is 12.9 Å². The van der Waals surface area contributed by atoms with Gasteiger partial charge in [0.15, 0.2) is 24.7 Å². The molecule has 1 aliphatic heterocycles. The fraction of sp³-hybridized carbons (Fsp3) is 0.0909. The number of allylic oxidation sites excluding steroid dienone is 1. The minimum atomic E-state index is -0.248. The van der Waals surface area contributed by atoms with Crippen molar-refractivity contribution in [2.45, 2.75) is 6.54 Å². The summed E-state index contributed by atoms with van der Waals surface area (Å²) in [5, 5.41) is 0. The van der Waals surface area contributed by atoms with Gasteiger partial charge in [-0.15, -0.1) is 0 Å². The molecule has 0 bridgehead atoms. The standard InChI is InChI=1S/C22H17FNO3.ClH/c1-26-18-5-6-19-20(13-18)27-21(22(19)25)12-15-7-9-24(10-8-15)14-16-3-2-4-17(23)11-16;/h2-13H,14H2,1H3;1H/q+1;/p-1/b21-12-;. The highest BCUT2D eigenvalue weighted by Crippen LogP contribution is 2.34. The highest BCUT2D eigenvalue weighted by molar-refractivity contribution is 6.14. The van der Waals surface area contributed by atoms with E-state index in [1.54, 1.807) is 37.5 Å². The number of methoxy groups -OCH3 is 1. The number of hydrogen-bond donors (Lipinski definition) is 0. The number of hydrogen-bond acceptors (Lipinski definition) is 3. The molecular formula is C22H17ClFNO3. The third-order valence-corrected chi connectivity index (χ3v) is 4.35. The molecule has 0 saturated heterocycles. The summed E-state index contributed by atoms with van der Waals surface area (Å²) in [5.41, 5.74) is 2.25. The van der Waals surface area contributed by atoms with Crippen LogP contribution in [0, 0.1) is 5.82 Å². The van der Waals surface area contributed by atoms with Gasteiger partial charge >= 0.3 is 0 Å². The molecule has 2 aromatic carbocycles. The predicted octanol–water partition coefficient (Wildman–Crippen LogP) is 0.790. The van der Waals surface area contributed by atoms with Crippen LogP contribution >= 0.6 is 0 Å². The number of rotatable bonds is 4. The second kappa shape index (κ2) is 8.23. The van der Waals surface area contributed by atoms with Crippen LogP contribution in [0.3, 0.4) is 0 Å². The van der Waals surface area contributed by atoms with Crippen molar-refractivity contribution >= 4 is 11.9 Å². The number of carbonyl (C=O) groups excluding carboxylic acids is 1. The lowest BCUT2D eigenvalue weighted by Gasteiger charge is -2.01. The number of fused-ring (bicyclic) bond motifs is 1. The third kappa shape index (κ3) is 4.05. The maximum Gasteiger partial charge on any atom is 0.231 e. The first-order valence-electron chi connectivity index (χ1n) is 8.48. The number of pyridine rings is 1. The minimum absolute atomic E-state index is 0. The molecule has 1 aliphatic rings. The Morgan fingerprint density at radius 3 is 2.61 bits per heavy atom. The van der Waals surface area contributed by atoms with Crippen molar-refractivity contribution in [3.63, 3.8) is 0 Å². The molecule has 3 aromatic rings. The number of nitrogens with zero attached hydrogens (tertiary/aromatic N) is 1. The lowest BCUT2D eigenvalue weighted by atomic mass is 10.1. The van der Waals surface area contributed by atoms with Crippen LogP contribution in [0.5, 0.6) is 11.5 Å². The van der Waals surface area contributed by atoms with Gasteiger partial charge in [0.05, 0.1) is 12.7 Å². The van der Waals surface area contributed by atoms with Crippen LogP contribution in [0.2, 0.25) is 0 Å². The first-order chi connectivity index (χ1) is 13.1. The predicted molar refractivity (Wildman–Crippen MR) is 98.1 cm³/mol. The Bertz CT molecular complexity index is 1050. The summed E-state index contributed by atoms with van der Waals surface area (Å²) in [6.45, 7) is 0.565. The minimum Gasteiger partial charge on any atom is -1.00 e. The molecule has 1 aromatic heterocycles. The molecule has 142 valence electrons. The molecule has 0 aliphatic carbocycles. The average Bonchev–Trinajstić information content (AvgIpc) is 2.98. The fourth-order valence-corrected chi connectivity index (χ4v) is 2.96. The lowest BCUT2D eigenvalue weighted by molar-refractivity contribution is -0.688. The van der Waals surface area contributed by atoms with Crippen LogP contribution < -0.4 is 26.4 Å². The van der Waals surface area contributed by atoms with Gasteiger partial charge in [-0.2, -0.15) is 0 Å². The summed E-state index contributed by atoms with van der Waals surface area (Å²) in [6, 6.07) is 15.4. The van der Waals surface area contributed by atoms with Gasteiger partial charge in [-0.25, -0.2) is 8.96 Å². The number of carbonyl (C=O) groups is 1. The summed E-state index contributed by atoms with van der Waals surface area (Å²) in [4.78, 5) is 12.5. The van der Waals surface area contributed by atoms with Gasteiger partial charge < -0.3 is 21.9 Å². The monoisotopic (exact) mass is 397 g/mol. The highest BCUT2D eigenvalue weighted by atomic mass is 35.5. The van der Waals surface area contributed by atoms with E-state index in [4.69, 9.17) is 9.47 Å². The van der Waals surface area contributed by atoms with Crippen LogP contribution in [-0.2, 0) is 6.54 Å². The van der Waals surface area contributed by atoms with E-state index in [2.05, 4.69) is 0 Å². The van der Waals surface area contributed by atoms with Gasteiger partial charge in [0, 0.05) is 23.8 Å². The number of ether oxygens (including phenoxy) is 2. The Morgan fingerprint density at radius 2 is 1.89 bits per heavy atom. The first kappa shape index (κ1) is 19.6. The SMILES string of the molecule is COc1ccc2c(c1)O/C(=C\c1cc[n+](Cc3cccc(F)c3)cc1)C2=O.[Cl-]. The molecule has 0 saturated carbocycles. The van der Waals surface area contributed by atoms with Crippen LogP contribution in [0.4, 0.5) is 4.39 Å². The zero-order chi connectivity index (χ0) is 18.8. The maximum absolute atomic E-state index is 13.3. The summed E-state index contributed by atoms with van der Waals surface area (Å²) >= 11 is 0. The van der Waals surface area contributed by atoms with Crippen molar-refractivity contribution < 1.29 is 35.6 Å². The Hall–Kier alpha value is -3.18. The molecule has 0 atom stereocenters. The third-order valence-electron chi connectivity index (χ3n) is 4.35. The number of ketones is 1. The molecule has 28 heavy (non-hydrogen) atoms. The Labute approximate surface area is 168 Å². The molecular weight excluding hydrogens is 381 g/mol. The van der Waals surface area contributed by atoms with Gasteiger partial charge in [-0.1, -0.05) is 12.1 Å². The van der Waals surface area contributed by atoms with E-state index in [-0.39, 0.29) is 29.8 Å². The van der Waals surface area contributed by atoms with Gasteiger partial charge in [0.2, 0.25) is 5.78 Å². The van der Waals surface area contributed by atoms with Gasteiger partial charge in [0.1, 0.15) is 17.3 Å². The molecule has 0 N–H and O–H groups in total. The molecule has 0 unspecified atom stereocenters. The lowest BCUT2D eigenvalue weighted by Crippen LogP contribution is -3.00. The van der Waals surface area contributed by atoms with Crippen molar-refractivity contribution in [2.75, 3.05) is 7.11 Å². The summed E-state index contributed by atoms with van der Waals surface area (Å²) < 4.78 is 26.1. The topological polar surface area (TPSA) is 39.4 Å². The normalized spacial score (nSPS) is 13.6. The number of benzene rings is 2. The van der Waals surface area contributed by atoms with Gasteiger partial charge in [0.25, 0.3) is 0 Å². The number of halogens is 2. The zero-order valence-corrected chi connectivity index (χ0v) is 15.8. The Kier molecular flexibility index (Phi) is 5.76. The second-order valence-electron chi connectivity index (χ2n) is 6.24. The second-order valence-corrected chi connectivity index (χ2v) is 6.24. The summed E-state index contributed by atoms with van der Waals surface area (Å²) in [6.07, 6.45) is 5.47. The van der Waals surface area contributed by atoms with Gasteiger partial charge in [-0.3, -0.25) is 4.79 Å². The number of aromatic nitrogens is 1. The molecule has 4 rings (SSSR count). The van der Waals surface area contributed by atoms with Crippen molar-refractivity contribution in [1.29, 1.82) is 0 Å². The maximum atomic E-state index is 13.3. The quantitative estimate of drug-likeness (QED) is 0.483. The average molecular weight is 398 g/mol. The molecule has 6 heteroatoms. The highest BCUT2D eigenvalue weighted by Gasteiger charge is 2.27. The fourth-order valence-electron chi connectivity index (χ4n) is 2.96. The van der Waals surface area contributed by atoms with Crippen LogP contribution in [0.1, 0.15) is 21.5 Å². The largest absolute Gasteiger partial charge is 1.00 e. The Balaban J connectivity index is 0.00000225. The van der Waals surface area contributed by atoms with E-state index in [9.17, 15) is 9.18 Å². The zero-order valence-electron chi connectivity index (χ0n) is 15.1. The van der Waals surface area contributed by atoms with Crippen LogP contribution in [0.15, 0.2) is 72.8 Å². The van der Waals surface area contributed by atoms with E-state index in [1.165, 1.54) is 12.1 Å². The van der Waals surface area contributed by atoms with E-state index < -0.39 is 0 Å². The van der Waals surface area contributed by atoms with Crippen LogP contribution in [0.25, 0.3) is 6.08 Å². The molecule has 2 heterocycles. The van der Waals surface area contributed by atoms with E-state index in [1.807, 2.05) is 35.2 Å². The molecule has 0 amide bonds. The van der Waals surface area contributed by atoms with Crippen molar-refractivity contribution in [3.8, 4) is 11.5 Å². The Morgan fingerprint density at radius 1 is 1.11 bits per heavy atom. The van der Waals surface area contributed by atoms with Gasteiger partial charge in [-0.05, 0) is 35.9 Å². The van der Waals surface area contributed by atoms with E-state index >= 15 is 0 Å². The number of Topliss-reactive ketones (excluding diaryl/α,β-unsaturated/α-hetero) is 1. The summed E-state index contributed by atoms with van der Waals surface area (Å²) in [5.74, 6) is 1.02. The van der Waals surface area contributed by atoms with Crippen molar-refractivity contribution in [1.82, 2.24) is 0 Å². The van der Waals surface area contributed by atoms with E-state index in [0.29, 0.717) is 23.6 Å². The smallest absolute Gasteiger partial charge is 0.231 e. The molecule has 0 radical (unpaired) electrons. The molecule has 0 spiro atoms. The van der Waals surface area contributed by atoms with Crippen molar-refractivity contribution in [3.05, 3.63) is 95.3 Å². The first-order valence-corrected chi connectivity index (χ1v) is 8.48. The molecule has 0 fully saturated rings. The van der Waals surface area contributed by atoms with E-state index in [0.717, 1.165) is 11.1 Å².